The Morgan fingerprint density at radius 3 is 1.21 bits per heavy atom. The van der Waals surface area contributed by atoms with Crippen LogP contribution in [-0.2, 0) is 0 Å². The summed E-state index contributed by atoms with van der Waals surface area (Å²) in [5.41, 5.74) is 3.05. The topological polar surface area (TPSA) is 140 Å². The van der Waals surface area contributed by atoms with E-state index in [1.165, 1.54) is 24.3 Å². The first-order valence-corrected chi connectivity index (χ1v) is 10.1. The number of aromatic carboxylic acids is 2. The minimum absolute atomic E-state index is 0.0457. The maximum atomic E-state index is 11.1. The van der Waals surface area contributed by atoms with E-state index in [2.05, 4.69) is 9.97 Å². The predicted octanol–water partition coefficient (Wildman–Crippen LogP) is 4.12. The van der Waals surface area contributed by atoms with Crippen molar-refractivity contribution in [3.8, 4) is 11.1 Å². The van der Waals surface area contributed by atoms with Gasteiger partial charge in [-0.1, -0.05) is 48.5 Å². The Kier molecular flexibility index (Phi) is 9.28. The molecule has 0 fully saturated rings. The molecule has 0 amide bonds. The fourth-order valence-electron chi connectivity index (χ4n) is 2.79. The molecule has 0 aliphatic heterocycles. The van der Waals surface area contributed by atoms with Gasteiger partial charge in [-0.15, -0.1) is 0 Å². The zero-order valence-electron chi connectivity index (χ0n) is 18.6. The molecule has 0 unspecified atom stereocenters. The lowest BCUT2D eigenvalue weighted by atomic mass is 9.95. The second-order valence-electron chi connectivity index (χ2n) is 7.16. The summed E-state index contributed by atoms with van der Waals surface area (Å²) >= 11 is 0. The highest BCUT2D eigenvalue weighted by molar-refractivity contribution is 6.02. The second kappa shape index (κ2) is 12.4. The summed E-state index contributed by atoms with van der Waals surface area (Å²) in [6.45, 7) is 3.85. The molecule has 2 aromatic heterocycles. The van der Waals surface area contributed by atoms with Crippen molar-refractivity contribution in [1.29, 1.82) is 0 Å². The minimum atomic E-state index is -1.08. The summed E-state index contributed by atoms with van der Waals surface area (Å²) in [4.78, 5) is 48.1. The molecule has 0 saturated carbocycles. The molecule has 0 aliphatic rings. The van der Waals surface area contributed by atoms with Gasteiger partial charge in [0, 0.05) is 24.5 Å². The van der Waals surface area contributed by atoms with E-state index in [0.29, 0.717) is 11.1 Å². The van der Waals surface area contributed by atoms with Crippen molar-refractivity contribution in [3.63, 3.8) is 0 Å². The van der Waals surface area contributed by atoms with Gasteiger partial charge in [-0.05, 0) is 48.2 Å². The number of H-pyrrole nitrogens is 2. The van der Waals surface area contributed by atoms with E-state index >= 15 is 0 Å². The van der Waals surface area contributed by atoms with Gasteiger partial charge in [-0.3, -0.25) is 9.59 Å². The Balaban J connectivity index is 0.000000210. The summed E-state index contributed by atoms with van der Waals surface area (Å²) < 4.78 is 0. The SMILES string of the molecule is Cc1ccc(=O)[nH]c1.Cc1ccc(=O)[nH]c1.O=C(O)c1ccccc1-c1ccccc1C(=O)O. The Bertz CT molecular complexity index is 1240. The highest BCUT2D eigenvalue weighted by Gasteiger charge is 2.16. The zero-order chi connectivity index (χ0) is 25.1. The molecule has 8 heteroatoms. The number of aromatic nitrogens is 2. The number of rotatable bonds is 3. The van der Waals surface area contributed by atoms with Crippen LogP contribution in [0.2, 0.25) is 0 Å². The van der Waals surface area contributed by atoms with Gasteiger partial charge in [-0.2, -0.15) is 0 Å². The highest BCUT2D eigenvalue weighted by Crippen LogP contribution is 2.27. The quantitative estimate of drug-likeness (QED) is 0.363. The molecule has 4 aromatic rings. The van der Waals surface area contributed by atoms with E-state index in [-0.39, 0.29) is 22.2 Å². The van der Waals surface area contributed by atoms with Crippen LogP contribution in [0.5, 0.6) is 0 Å². The number of hydrogen-bond acceptors (Lipinski definition) is 4. The van der Waals surface area contributed by atoms with Gasteiger partial charge in [0.15, 0.2) is 0 Å². The fraction of sp³-hybridized carbons (Fsp3) is 0.0769. The van der Waals surface area contributed by atoms with Gasteiger partial charge in [0.25, 0.3) is 0 Å². The average Bonchev–Trinajstić information content (AvgIpc) is 2.83. The third-order valence-corrected chi connectivity index (χ3v) is 4.48. The van der Waals surface area contributed by atoms with E-state index in [4.69, 9.17) is 10.2 Å². The van der Waals surface area contributed by atoms with Crippen LogP contribution in [0.25, 0.3) is 11.1 Å². The number of carboxylic acid groups (broad SMARTS) is 2. The Morgan fingerprint density at radius 1 is 0.588 bits per heavy atom. The van der Waals surface area contributed by atoms with Crippen molar-refractivity contribution in [2.45, 2.75) is 13.8 Å². The van der Waals surface area contributed by atoms with Crippen LogP contribution >= 0.6 is 0 Å². The van der Waals surface area contributed by atoms with Crippen LogP contribution in [0.4, 0.5) is 0 Å². The maximum Gasteiger partial charge on any atom is 0.336 e. The third kappa shape index (κ3) is 7.76. The molecule has 0 saturated heterocycles. The normalized spacial score (nSPS) is 9.59. The number of benzene rings is 2. The van der Waals surface area contributed by atoms with Crippen LogP contribution in [0.1, 0.15) is 31.8 Å². The second-order valence-corrected chi connectivity index (χ2v) is 7.16. The minimum Gasteiger partial charge on any atom is -0.478 e. The van der Waals surface area contributed by atoms with Crippen molar-refractivity contribution in [1.82, 2.24) is 9.97 Å². The first-order chi connectivity index (χ1) is 16.2. The fourth-order valence-corrected chi connectivity index (χ4v) is 2.79. The van der Waals surface area contributed by atoms with E-state index in [9.17, 15) is 19.2 Å². The van der Waals surface area contributed by atoms with Gasteiger partial charge in [-0.25, -0.2) is 9.59 Å². The summed E-state index contributed by atoms with van der Waals surface area (Å²) in [7, 11) is 0. The van der Waals surface area contributed by atoms with Gasteiger partial charge < -0.3 is 20.2 Å². The smallest absolute Gasteiger partial charge is 0.336 e. The molecule has 2 heterocycles. The molecule has 4 N–H and O–H groups in total. The van der Waals surface area contributed by atoms with Gasteiger partial charge in [0.05, 0.1) is 11.1 Å². The number of hydrogen-bond donors (Lipinski definition) is 4. The Labute approximate surface area is 195 Å². The summed E-state index contributed by atoms with van der Waals surface area (Å²) in [5, 5.41) is 18.2. The number of aromatic amines is 2. The number of carboxylic acids is 2. The van der Waals surface area contributed by atoms with Crippen molar-refractivity contribution < 1.29 is 19.8 Å². The number of carbonyl (C=O) groups is 2. The molecule has 34 heavy (non-hydrogen) atoms. The molecule has 8 nitrogen and oxygen atoms in total. The molecule has 0 atom stereocenters. The van der Waals surface area contributed by atoms with Crippen molar-refractivity contribution >= 4 is 11.9 Å². The molecular formula is C26H24N2O6. The predicted molar refractivity (Wildman–Crippen MR) is 129 cm³/mol. The van der Waals surface area contributed by atoms with Crippen LogP contribution in [0, 0.1) is 13.8 Å². The van der Waals surface area contributed by atoms with Crippen molar-refractivity contribution in [2.24, 2.45) is 0 Å². The summed E-state index contributed by atoms with van der Waals surface area (Å²) in [6, 6.07) is 19.3. The van der Waals surface area contributed by atoms with Gasteiger partial charge in [0.1, 0.15) is 0 Å². The molecule has 0 bridgehead atoms. The monoisotopic (exact) mass is 460 g/mol. The van der Waals surface area contributed by atoms with E-state index < -0.39 is 11.9 Å². The summed E-state index contributed by atoms with van der Waals surface area (Å²) in [6.07, 6.45) is 3.37. The summed E-state index contributed by atoms with van der Waals surface area (Å²) in [5.74, 6) is -2.16. The van der Waals surface area contributed by atoms with E-state index in [0.717, 1.165) is 11.1 Å². The molecule has 0 radical (unpaired) electrons. The van der Waals surface area contributed by atoms with Crippen LogP contribution < -0.4 is 11.1 Å². The largest absolute Gasteiger partial charge is 0.478 e. The highest BCUT2D eigenvalue weighted by atomic mass is 16.4. The molecule has 0 spiro atoms. The van der Waals surface area contributed by atoms with Gasteiger partial charge in [0.2, 0.25) is 11.1 Å². The number of aryl methyl sites for hydroxylation is 2. The van der Waals surface area contributed by atoms with Crippen molar-refractivity contribution in [3.05, 3.63) is 128 Å². The first kappa shape index (κ1) is 25.5. The molecule has 2 aromatic carbocycles. The zero-order valence-corrected chi connectivity index (χ0v) is 18.6. The van der Waals surface area contributed by atoms with Crippen LogP contribution in [0.3, 0.4) is 0 Å². The maximum absolute atomic E-state index is 11.1. The number of pyridine rings is 2. The lowest BCUT2D eigenvalue weighted by Gasteiger charge is -2.08. The first-order valence-electron chi connectivity index (χ1n) is 10.1. The van der Waals surface area contributed by atoms with Crippen LogP contribution in [0.15, 0.2) is 94.8 Å². The van der Waals surface area contributed by atoms with Gasteiger partial charge >= 0.3 is 11.9 Å². The standard InChI is InChI=1S/C14H10O4.2C6H7NO/c15-13(16)11-7-3-1-5-9(11)10-6-2-4-8-12(10)14(17)18;2*1-5-2-3-6(8)7-4-5/h1-8H,(H,15,16)(H,17,18);2*2-4H,1H3,(H,7,8). The third-order valence-electron chi connectivity index (χ3n) is 4.48. The molecule has 0 aliphatic carbocycles. The Hall–Kier alpha value is -4.72. The van der Waals surface area contributed by atoms with Crippen LogP contribution in [-0.4, -0.2) is 32.1 Å². The number of nitrogens with one attached hydrogen (secondary N) is 2. The average molecular weight is 460 g/mol. The Morgan fingerprint density at radius 2 is 0.941 bits per heavy atom. The van der Waals surface area contributed by atoms with E-state index in [1.54, 1.807) is 60.9 Å². The van der Waals surface area contributed by atoms with E-state index in [1.807, 2.05) is 13.8 Å². The molecule has 4 rings (SSSR count). The molecular weight excluding hydrogens is 436 g/mol. The lowest BCUT2D eigenvalue weighted by Crippen LogP contribution is -2.03. The lowest BCUT2D eigenvalue weighted by molar-refractivity contribution is 0.0684. The van der Waals surface area contributed by atoms with Crippen molar-refractivity contribution in [2.75, 3.05) is 0 Å². The molecule has 174 valence electrons.